The molecule has 1 aliphatic rings. The number of benzene rings is 2. The Labute approximate surface area is 133 Å². The van der Waals surface area contributed by atoms with E-state index in [1.54, 1.807) is 0 Å². The quantitative estimate of drug-likeness (QED) is 0.815. The topological polar surface area (TPSA) is 46.2 Å². The fourth-order valence-corrected chi connectivity index (χ4v) is 2.85. The molecule has 1 aliphatic heterocycles. The Balaban J connectivity index is 2.09. The maximum Gasteiger partial charge on any atom is 0.228 e. The minimum atomic E-state index is -0.617. The molecule has 0 aromatic heterocycles. The summed E-state index contributed by atoms with van der Waals surface area (Å²) in [5.74, 6) is -1.28. The van der Waals surface area contributed by atoms with Crippen molar-refractivity contribution in [3.8, 4) is 0 Å². The summed E-state index contributed by atoms with van der Waals surface area (Å²) >= 11 is 9.29. The normalized spacial score (nSPS) is 13.0. The van der Waals surface area contributed by atoms with Gasteiger partial charge in [0.1, 0.15) is 5.82 Å². The van der Waals surface area contributed by atoms with Crippen molar-refractivity contribution >= 4 is 44.9 Å². The van der Waals surface area contributed by atoms with Crippen molar-refractivity contribution in [2.24, 2.45) is 0 Å². The predicted octanol–water partition coefficient (Wildman–Crippen LogP) is 3.97. The van der Waals surface area contributed by atoms with E-state index in [1.165, 1.54) is 30.3 Å². The molecule has 21 heavy (non-hydrogen) atoms. The van der Waals surface area contributed by atoms with Crippen molar-refractivity contribution in [2.45, 2.75) is 6.42 Å². The van der Waals surface area contributed by atoms with E-state index in [4.69, 9.17) is 11.6 Å². The highest BCUT2D eigenvalue weighted by molar-refractivity contribution is 9.10. The van der Waals surface area contributed by atoms with Crippen molar-refractivity contribution in [3.05, 3.63) is 62.3 Å². The molecule has 1 N–H and O–H groups in total. The fraction of sp³-hybridized carbons (Fsp3) is 0.0667. The third-order valence-corrected chi connectivity index (χ3v) is 4.04. The number of anilines is 1. The van der Waals surface area contributed by atoms with Gasteiger partial charge in [-0.1, -0.05) is 27.5 Å². The SMILES string of the molecule is O=C1Cc2cc(C(=O)c3cc(Br)ccc3F)c(Cl)cc2N1. The van der Waals surface area contributed by atoms with Crippen molar-refractivity contribution in [2.75, 3.05) is 5.32 Å². The number of ketones is 1. The number of halogens is 3. The van der Waals surface area contributed by atoms with Gasteiger partial charge in [0, 0.05) is 15.7 Å². The Morgan fingerprint density at radius 2 is 2.00 bits per heavy atom. The lowest BCUT2D eigenvalue weighted by Gasteiger charge is -2.08. The van der Waals surface area contributed by atoms with E-state index in [0.717, 1.165) is 0 Å². The van der Waals surface area contributed by atoms with E-state index in [9.17, 15) is 14.0 Å². The van der Waals surface area contributed by atoms with Gasteiger partial charge in [-0.05, 0) is 35.9 Å². The van der Waals surface area contributed by atoms with Crippen LogP contribution in [0.15, 0.2) is 34.8 Å². The number of nitrogens with one attached hydrogen (secondary N) is 1. The molecule has 1 amide bonds. The summed E-state index contributed by atoms with van der Waals surface area (Å²) in [6.07, 6.45) is 0.188. The Bertz CT molecular complexity index is 791. The standard InChI is InChI=1S/C15H8BrClFNO2/c16-8-1-2-12(18)10(5-8)15(21)9-3-7-4-14(20)19-13(7)6-11(9)17/h1-3,5-6H,4H2,(H,19,20). The number of carbonyl (C=O) groups is 2. The molecule has 3 nitrogen and oxygen atoms in total. The molecule has 6 heteroatoms. The monoisotopic (exact) mass is 367 g/mol. The van der Waals surface area contributed by atoms with E-state index < -0.39 is 11.6 Å². The zero-order valence-electron chi connectivity index (χ0n) is 10.5. The van der Waals surface area contributed by atoms with Crippen molar-refractivity contribution in [1.29, 1.82) is 0 Å². The molecule has 2 aromatic carbocycles. The first-order valence-electron chi connectivity index (χ1n) is 6.08. The van der Waals surface area contributed by atoms with Gasteiger partial charge in [-0.25, -0.2) is 4.39 Å². The van der Waals surface area contributed by atoms with Gasteiger partial charge in [-0.15, -0.1) is 0 Å². The largest absolute Gasteiger partial charge is 0.325 e. The molecule has 0 saturated heterocycles. The van der Waals surface area contributed by atoms with Crippen LogP contribution in [-0.4, -0.2) is 11.7 Å². The van der Waals surface area contributed by atoms with Crippen molar-refractivity contribution < 1.29 is 14.0 Å². The number of fused-ring (bicyclic) bond motifs is 1. The second-order valence-electron chi connectivity index (χ2n) is 4.67. The molecule has 0 unspecified atom stereocenters. The van der Waals surface area contributed by atoms with Crippen LogP contribution in [0.5, 0.6) is 0 Å². The van der Waals surface area contributed by atoms with Gasteiger partial charge in [-0.2, -0.15) is 0 Å². The van der Waals surface area contributed by atoms with Crippen molar-refractivity contribution in [1.82, 2.24) is 0 Å². The lowest BCUT2D eigenvalue weighted by Crippen LogP contribution is -2.06. The van der Waals surface area contributed by atoms with E-state index in [0.29, 0.717) is 15.7 Å². The van der Waals surface area contributed by atoms with E-state index in [-0.39, 0.29) is 28.5 Å². The van der Waals surface area contributed by atoms with E-state index in [1.807, 2.05) is 0 Å². The van der Waals surface area contributed by atoms with Gasteiger partial charge in [0.25, 0.3) is 0 Å². The molecule has 2 aromatic rings. The van der Waals surface area contributed by atoms with Crippen LogP contribution in [0.1, 0.15) is 21.5 Å². The van der Waals surface area contributed by atoms with Gasteiger partial charge >= 0.3 is 0 Å². The summed E-state index contributed by atoms with van der Waals surface area (Å²) in [5, 5.41) is 2.83. The first-order valence-corrected chi connectivity index (χ1v) is 7.25. The summed E-state index contributed by atoms with van der Waals surface area (Å²) in [7, 11) is 0. The minimum Gasteiger partial charge on any atom is -0.325 e. The fourth-order valence-electron chi connectivity index (χ4n) is 2.24. The summed E-state index contributed by atoms with van der Waals surface area (Å²) in [6, 6.07) is 7.19. The molecule has 0 bridgehead atoms. The minimum absolute atomic E-state index is 0.0662. The zero-order chi connectivity index (χ0) is 15.1. The first-order chi connectivity index (χ1) is 9.95. The van der Waals surface area contributed by atoms with Crippen LogP contribution >= 0.6 is 27.5 Å². The molecule has 106 valence electrons. The third-order valence-electron chi connectivity index (χ3n) is 3.24. The van der Waals surface area contributed by atoms with Crippen LogP contribution in [0, 0.1) is 5.82 Å². The Morgan fingerprint density at radius 1 is 1.24 bits per heavy atom. The zero-order valence-corrected chi connectivity index (χ0v) is 12.9. The van der Waals surface area contributed by atoms with Gasteiger partial charge in [0.15, 0.2) is 5.78 Å². The lowest BCUT2D eigenvalue weighted by molar-refractivity contribution is -0.115. The van der Waals surface area contributed by atoms with Gasteiger partial charge < -0.3 is 5.32 Å². The number of hydrogen-bond acceptors (Lipinski definition) is 2. The number of rotatable bonds is 2. The maximum atomic E-state index is 13.8. The van der Waals surface area contributed by atoms with E-state index in [2.05, 4.69) is 21.2 Å². The number of carbonyl (C=O) groups excluding carboxylic acids is 2. The molecule has 0 aliphatic carbocycles. The number of amides is 1. The van der Waals surface area contributed by atoms with E-state index >= 15 is 0 Å². The predicted molar refractivity (Wildman–Crippen MR) is 81.3 cm³/mol. The Morgan fingerprint density at radius 3 is 2.76 bits per heavy atom. The highest BCUT2D eigenvalue weighted by atomic mass is 79.9. The summed E-state index contributed by atoms with van der Waals surface area (Å²) in [5.41, 5.74) is 1.40. The van der Waals surface area contributed by atoms with Gasteiger partial charge in [-0.3, -0.25) is 9.59 Å². The van der Waals surface area contributed by atoms with Crippen LogP contribution in [0.4, 0.5) is 10.1 Å². The molecular formula is C15H8BrClFNO2. The molecule has 0 spiro atoms. The molecule has 0 atom stereocenters. The van der Waals surface area contributed by atoms with Gasteiger partial charge in [0.05, 0.1) is 17.0 Å². The highest BCUT2D eigenvalue weighted by Gasteiger charge is 2.23. The molecular weight excluding hydrogens is 361 g/mol. The average Bonchev–Trinajstić information content (AvgIpc) is 2.79. The van der Waals surface area contributed by atoms with Crippen LogP contribution < -0.4 is 5.32 Å². The third kappa shape index (κ3) is 2.59. The lowest BCUT2D eigenvalue weighted by atomic mass is 9.99. The summed E-state index contributed by atoms with van der Waals surface area (Å²) < 4.78 is 14.4. The van der Waals surface area contributed by atoms with Crippen LogP contribution in [-0.2, 0) is 11.2 Å². The van der Waals surface area contributed by atoms with Crippen LogP contribution in [0.3, 0.4) is 0 Å². The number of hydrogen-bond donors (Lipinski definition) is 1. The maximum absolute atomic E-state index is 13.8. The van der Waals surface area contributed by atoms with Crippen molar-refractivity contribution in [3.63, 3.8) is 0 Å². The molecule has 0 radical (unpaired) electrons. The summed E-state index contributed by atoms with van der Waals surface area (Å²) in [6.45, 7) is 0. The smallest absolute Gasteiger partial charge is 0.228 e. The van der Waals surface area contributed by atoms with Gasteiger partial charge in [0.2, 0.25) is 5.91 Å². The molecule has 1 heterocycles. The summed E-state index contributed by atoms with van der Waals surface area (Å²) in [4.78, 5) is 23.8. The van der Waals surface area contributed by atoms with Crippen LogP contribution in [0.2, 0.25) is 5.02 Å². The Kier molecular flexibility index (Phi) is 3.55. The molecule has 3 rings (SSSR count). The Hall–Kier alpha value is -1.72. The highest BCUT2D eigenvalue weighted by Crippen LogP contribution is 2.31. The average molecular weight is 369 g/mol. The second kappa shape index (κ2) is 5.24. The molecule has 0 saturated carbocycles. The van der Waals surface area contributed by atoms with Crippen LogP contribution in [0.25, 0.3) is 0 Å². The second-order valence-corrected chi connectivity index (χ2v) is 5.99. The molecule has 0 fully saturated rings. The first kappa shape index (κ1) is 14.2.